The molecule has 3 aromatic rings. The quantitative estimate of drug-likeness (QED) is 0.183. The molecule has 4 rings (SSSR count). The Morgan fingerprint density at radius 3 is 2.35 bits per heavy atom. The largest absolute Gasteiger partial charge is 0.487 e. The predicted molar refractivity (Wildman–Crippen MR) is 149 cm³/mol. The van der Waals surface area contributed by atoms with Crippen LogP contribution >= 0.6 is 56.8 Å². The fourth-order valence-electron chi connectivity index (χ4n) is 3.13. The number of hydrogen-bond acceptors (Lipinski definition) is 5. The Morgan fingerprint density at radius 1 is 1.09 bits per heavy atom. The van der Waals surface area contributed by atoms with Gasteiger partial charge in [-0.05, 0) is 111 Å². The van der Waals surface area contributed by atoms with Gasteiger partial charge in [-0.2, -0.15) is 0 Å². The molecule has 1 heterocycles. The Kier molecular flexibility index (Phi) is 7.89. The van der Waals surface area contributed by atoms with Crippen LogP contribution in [0.3, 0.4) is 0 Å². The maximum atomic E-state index is 12.4. The lowest BCUT2D eigenvalue weighted by Crippen LogP contribution is -2.07. The van der Waals surface area contributed by atoms with Gasteiger partial charge in [0.1, 0.15) is 12.4 Å². The lowest BCUT2D eigenvalue weighted by molar-refractivity contribution is -0.129. The number of nitrogens with zero attached hydrogens (tertiary/aromatic N) is 1. The predicted octanol–water partition coefficient (Wildman–Crippen LogP) is 6.43. The van der Waals surface area contributed by atoms with E-state index in [2.05, 4.69) is 55.5 Å². The molecule has 0 aromatic heterocycles. The topological polar surface area (TPSA) is 77.0 Å². The summed E-state index contributed by atoms with van der Waals surface area (Å²) >= 11 is 10.4. The SMILES string of the molecule is CC(=O)Nc1ccc(C2=N/C(=C\c3cc(I)c(OCc4ccc(Cl)cc4)c(I)c3)C(=O)O2)cc1. The minimum absolute atomic E-state index is 0.159. The van der Waals surface area contributed by atoms with Crippen molar-refractivity contribution < 1.29 is 19.1 Å². The fraction of sp³-hybridized carbons (Fsp3) is 0.0800. The first-order valence-electron chi connectivity index (χ1n) is 10.1. The van der Waals surface area contributed by atoms with Crippen molar-refractivity contribution in [1.29, 1.82) is 0 Å². The Morgan fingerprint density at radius 2 is 1.74 bits per heavy atom. The van der Waals surface area contributed by atoms with Crippen LogP contribution in [0.15, 0.2) is 71.4 Å². The number of rotatable bonds is 6. The van der Waals surface area contributed by atoms with Gasteiger partial charge in [-0.25, -0.2) is 9.79 Å². The van der Waals surface area contributed by atoms with Gasteiger partial charge in [-0.1, -0.05) is 23.7 Å². The molecule has 1 aliphatic heterocycles. The molecule has 0 unspecified atom stereocenters. The average molecular weight is 699 g/mol. The van der Waals surface area contributed by atoms with E-state index in [4.69, 9.17) is 21.1 Å². The van der Waals surface area contributed by atoms with E-state index in [-0.39, 0.29) is 17.5 Å². The first kappa shape index (κ1) is 24.7. The van der Waals surface area contributed by atoms with E-state index in [9.17, 15) is 9.59 Å². The molecule has 34 heavy (non-hydrogen) atoms. The molecule has 0 radical (unpaired) electrons. The van der Waals surface area contributed by atoms with Gasteiger partial charge in [-0.15, -0.1) is 0 Å². The van der Waals surface area contributed by atoms with E-state index in [0.29, 0.717) is 22.9 Å². The summed E-state index contributed by atoms with van der Waals surface area (Å²) in [7, 11) is 0. The molecule has 9 heteroatoms. The number of anilines is 1. The van der Waals surface area contributed by atoms with Crippen LogP contribution in [0.5, 0.6) is 5.75 Å². The summed E-state index contributed by atoms with van der Waals surface area (Å²) in [5.41, 5.74) is 3.33. The summed E-state index contributed by atoms with van der Waals surface area (Å²) < 4.78 is 13.2. The maximum Gasteiger partial charge on any atom is 0.363 e. The van der Waals surface area contributed by atoms with Crippen molar-refractivity contribution in [3.8, 4) is 5.75 Å². The summed E-state index contributed by atoms with van der Waals surface area (Å²) in [6.07, 6.45) is 1.69. The van der Waals surface area contributed by atoms with Crippen molar-refractivity contribution in [3.63, 3.8) is 0 Å². The van der Waals surface area contributed by atoms with Crippen LogP contribution in [0.25, 0.3) is 6.08 Å². The van der Waals surface area contributed by atoms with Gasteiger partial charge in [0, 0.05) is 23.2 Å². The van der Waals surface area contributed by atoms with Crippen LogP contribution in [-0.4, -0.2) is 17.8 Å². The average Bonchev–Trinajstić information content (AvgIpc) is 3.14. The number of halogens is 3. The molecule has 3 aromatic carbocycles. The Balaban J connectivity index is 1.51. The van der Waals surface area contributed by atoms with E-state index < -0.39 is 5.97 Å². The number of nitrogens with one attached hydrogen (secondary N) is 1. The minimum atomic E-state index is -0.519. The van der Waals surface area contributed by atoms with E-state index >= 15 is 0 Å². The molecule has 172 valence electrons. The van der Waals surface area contributed by atoms with Gasteiger partial charge in [0.25, 0.3) is 0 Å². The van der Waals surface area contributed by atoms with Crippen molar-refractivity contribution in [1.82, 2.24) is 0 Å². The Labute approximate surface area is 228 Å². The number of benzene rings is 3. The van der Waals surface area contributed by atoms with Gasteiger partial charge in [-0.3, -0.25) is 4.79 Å². The fourth-order valence-corrected chi connectivity index (χ4v) is 5.38. The molecule has 0 bridgehead atoms. The number of carbonyl (C=O) groups is 2. The molecule has 6 nitrogen and oxygen atoms in total. The summed E-state index contributed by atoms with van der Waals surface area (Å²) in [6, 6.07) is 18.3. The number of ether oxygens (including phenoxy) is 2. The summed E-state index contributed by atoms with van der Waals surface area (Å²) in [5.74, 6) is 0.316. The zero-order valence-corrected chi connectivity index (χ0v) is 22.8. The number of cyclic esters (lactones) is 1. The third-order valence-electron chi connectivity index (χ3n) is 4.69. The van der Waals surface area contributed by atoms with E-state index in [1.165, 1.54) is 6.92 Å². The van der Waals surface area contributed by atoms with Gasteiger partial charge in [0.15, 0.2) is 5.70 Å². The van der Waals surface area contributed by atoms with Gasteiger partial charge >= 0.3 is 5.97 Å². The number of aliphatic imine (C=N–C) groups is 1. The minimum Gasteiger partial charge on any atom is -0.487 e. The summed E-state index contributed by atoms with van der Waals surface area (Å²) in [4.78, 5) is 27.9. The van der Waals surface area contributed by atoms with Gasteiger partial charge < -0.3 is 14.8 Å². The first-order chi connectivity index (χ1) is 16.3. The van der Waals surface area contributed by atoms with Gasteiger partial charge in [0.05, 0.1) is 7.14 Å². The molecule has 0 aliphatic carbocycles. The van der Waals surface area contributed by atoms with Crippen molar-refractivity contribution >= 4 is 86.3 Å². The Hall–Kier alpha value is -2.44. The maximum absolute atomic E-state index is 12.4. The molecular weight excluding hydrogens is 682 g/mol. The van der Waals surface area contributed by atoms with Crippen LogP contribution < -0.4 is 10.1 Å². The highest BCUT2D eigenvalue weighted by Crippen LogP contribution is 2.31. The number of esters is 1. The Bertz CT molecular complexity index is 1300. The van der Waals surface area contributed by atoms with E-state index in [1.807, 2.05) is 36.4 Å². The summed E-state index contributed by atoms with van der Waals surface area (Å²) in [5, 5.41) is 3.38. The highest BCUT2D eigenvalue weighted by Gasteiger charge is 2.24. The standard InChI is InChI=1S/C25H17ClI2N2O4/c1-14(31)29-19-8-4-17(5-9-19)24-30-22(25(32)34-24)12-16-10-20(27)23(21(28)11-16)33-13-15-2-6-18(26)7-3-15/h2-12H,13H2,1H3,(H,29,31)/b22-12-. The highest BCUT2D eigenvalue weighted by atomic mass is 127. The zero-order valence-electron chi connectivity index (χ0n) is 17.8. The van der Waals surface area contributed by atoms with Crippen molar-refractivity contribution in [3.05, 3.63) is 95.2 Å². The molecule has 1 aliphatic rings. The highest BCUT2D eigenvalue weighted by molar-refractivity contribution is 14.1. The third-order valence-corrected chi connectivity index (χ3v) is 6.55. The van der Waals surface area contributed by atoms with Crippen molar-refractivity contribution in [2.24, 2.45) is 4.99 Å². The van der Waals surface area contributed by atoms with Crippen molar-refractivity contribution in [2.75, 3.05) is 5.32 Å². The molecule has 0 saturated carbocycles. The molecule has 0 saturated heterocycles. The molecular formula is C25H17ClI2N2O4. The second-order valence-corrected chi connectivity index (χ2v) is 10.1. The van der Waals surface area contributed by atoms with E-state index in [1.54, 1.807) is 30.3 Å². The van der Waals surface area contributed by atoms with Crippen LogP contribution in [0.2, 0.25) is 5.02 Å². The normalized spacial score (nSPS) is 14.1. The molecule has 0 spiro atoms. The van der Waals surface area contributed by atoms with Crippen LogP contribution in [0.1, 0.15) is 23.6 Å². The molecule has 1 amide bonds. The lowest BCUT2D eigenvalue weighted by Gasteiger charge is -2.11. The van der Waals surface area contributed by atoms with Crippen LogP contribution in [0.4, 0.5) is 5.69 Å². The molecule has 0 fully saturated rings. The van der Waals surface area contributed by atoms with Gasteiger partial charge in [0.2, 0.25) is 11.8 Å². The second kappa shape index (κ2) is 10.9. The summed E-state index contributed by atoms with van der Waals surface area (Å²) in [6.45, 7) is 1.86. The number of carbonyl (C=O) groups excluding carboxylic acids is 2. The third kappa shape index (κ3) is 6.16. The molecule has 1 N–H and O–H groups in total. The number of amides is 1. The first-order valence-corrected chi connectivity index (χ1v) is 12.6. The lowest BCUT2D eigenvalue weighted by atomic mass is 10.2. The smallest absolute Gasteiger partial charge is 0.363 e. The molecule has 0 atom stereocenters. The second-order valence-electron chi connectivity index (χ2n) is 7.32. The van der Waals surface area contributed by atoms with Crippen molar-refractivity contribution in [2.45, 2.75) is 13.5 Å². The monoisotopic (exact) mass is 698 g/mol. The van der Waals surface area contributed by atoms with Crippen LogP contribution in [0, 0.1) is 7.14 Å². The number of hydrogen-bond donors (Lipinski definition) is 1. The van der Waals surface area contributed by atoms with E-state index in [0.717, 1.165) is 24.0 Å². The van der Waals surface area contributed by atoms with Crippen LogP contribution in [-0.2, 0) is 20.9 Å². The zero-order chi connectivity index (χ0) is 24.2.